The van der Waals surface area contributed by atoms with Crippen LogP contribution in [0.25, 0.3) is 11.6 Å². The van der Waals surface area contributed by atoms with Gasteiger partial charge in [-0.05, 0) is 53.7 Å². The minimum absolute atomic E-state index is 0.958. The Morgan fingerprint density at radius 3 is 2.37 bits per heavy atom. The maximum atomic E-state index is 3.94. The van der Waals surface area contributed by atoms with Crippen LogP contribution in [0.4, 0.5) is 0 Å². The smallest absolute Gasteiger partial charge is 0.00134 e. The summed E-state index contributed by atoms with van der Waals surface area (Å²) in [6, 6.07) is 6.44. The van der Waals surface area contributed by atoms with Gasteiger partial charge >= 0.3 is 0 Å². The lowest BCUT2D eigenvalue weighted by molar-refractivity contribution is 1.12. The standard InChI is InChI=1S/C19H20/c1-5-10-15-13-16-12-9-11-14(6-2)19(16)18(8-4)17(15)7-3/h5-12H,1-2,13H2,3-4H3/b15-10-,17-7+,18-8-. The van der Waals surface area contributed by atoms with Gasteiger partial charge in [0.05, 0.1) is 0 Å². The first-order valence-corrected chi connectivity index (χ1v) is 6.66. The number of hydrogen-bond donors (Lipinski definition) is 0. The lowest BCUT2D eigenvalue weighted by Crippen LogP contribution is -2.09. The molecule has 0 unspecified atom stereocenters. The molecule has 96 valence electrons. The molecule has 0 aliphatic heterocycles. The van der Waals surface area contributed by atoms with E-state index in [-0.39, 0.29) is 0 Å². The Morgan fingerprint density at radius 2 is 1.79 bits per heavy atom. The first-order chi connectivity index (χ1) is 9.26. The third-order valence-corrected chi connectivity index (χ3v) is 3.59. The van der Waals surface area contributed by atoms with Crippen molar-refractivity contribution in [1.82, 2.24) is 0 Å². The summed E-state index contributed by atoms with van der Waals surface area (Å²) in [5, 5.41) is 0. The van der Waals surface area contributed by atoms with E-state index in [4.69, 9.17) is 0 Å². The van der Waals surface area contributed by atoms with E-state index in [1.165, 1.54) is 33.4 Å². The second-order valence-corrected chi connectivity index (χ2v) is 4.59. The molecule has 0 heteroatoms. The maximum absolute atomic E-state index is 3.94. The molecule has 0 nitrogen and oxygen atoms in total. The predicted octanol–water partition coefficient (Wildman–Crippen LogP) is 5.35. The minimum atomic E-state index is 0.958. The van der Waals surface area contributed by atoms with E-state index < -0.39 is 0 Å². The van der Waals surface area contributed by atoms with Crippen molar-refractivity contribution in [3.8, 4) is 0 Å². The molecular formula is C19H20. The van der Waals surface area contributed by atoms with Crippen molar-refractivity contribution in [2.24, 2.45) is 0 Å². The summed E-state index contributed by atoms with van der Waals surface area (Å²) in [4.78, 5) is 0. The number of fused-ring (bicyclic) bond motifs is 1. The molecule has 0 radical (unpaired) electrons. The molecule has 0 heterocycles. The van der Waals surface area contributed by atoms with Crippen molar-refractivity contribution in [2.45, 2.75) is 20.3 Å². The fourth-order valence-electron chi connectivity index (χ4n) is 2.81. The SMILES string of the molecule is C=C/C=C1/Cc2cccc(C=C)c2C(=C\C)/C1=C/C. The monoisotopic (exact) mass is 248 g/mol. The molecule has 0 fully saturated rings. The van der Waals surface area contributed by atoms with E-state index in [1.807, 2.05) is 12.2 Å². The Hall–Kier alpha value is -2.08. The van der Waals surface area contributed by atoms with E-state index in [2.05, 4.69) is 63.4 Å². The van der Waals surface area contributed by atoms with Crippen LogP contribution in [0.5, 0.6) is 0 Å². The molecular weight excluding hydrogens is 228 g/mol. The van der Waals surface area contributed by atoms with Gasteiger partial charge in [-0.1, -0.05) is 61.7 Å². The molecule has 0 bridgehead atoms. The van der Waals surface area contributed by atoms with Gasteiger partial charge in [0.2, 0.25) is 0 Å². The Balaban J connectivity index is 2.75. The van der Waals surface area contributed by atoms with Crippen LogP contribution in [0.15, 0.2) is 66.8 Å². The normalized spacial score (nSPS) is 20.6. The summed E-state index contributed by atoms with van der Waals surface area (Å²) < 4.78 is 0. The van der Waals surface area contributed by atoms with E-state index in [1.54, 1.807) is 0 Å². The van der Waals surface area contributed by atoms with Gasteiger partial charge in [-0.3, -0.25) is 0 Å². The molecule has 0 saturated heterocycles. The Morgan fingerprint density at radius 1 is 1.05 bits per heavy atom. The van der Waals surface area contributed by atoms with E-state index in [0.29, 0.717) is 0 Å². The predicted molar refractivity (Wildman–Crippen MR) is 85.9 cm³/mol. The van der Waals surface area contributed by atoms with Crippen molar-refractivity contribution in [3.05, 3.63) is 83.5 Å². The van der Waals surface area contributed by atoms with Crippen LogP contribution in [0.3, 0.4) is 0 Å². The molecule has 19 heavy (non-hydrogen) atoms. The highest BCUT2D eigenvalue weighted by atomic mass is 14.3. The van der Waals surface area contributed by atoms with Gasteiger partial charge in [0.1, 0.15) is 0 Å². The molecule has 1 aliphatic carbocycles. The second kappa shape index (κ2) is 5.71. The number of allylic oxidation sites excluding steroid dienone is 7. The summed E-state index contributed by atoms with van der Waals surface area (Å²) in [5.41, 5.74) is 7.84. The average Bonchev–Trinajstić information content (AvgIpc) is 2.45. The van der Waals surface area contributed by atoms with Crippen molar-refractivity contribution >= 4 is 11.6 Å². The molecule has 0 amide bonds. The third kappa shape index (κ3) is 2.26. The number of benzene rings is 1. The first-order valence-electron chi connectivity index (χ1n) is 6.66. The molecule has 0 spiro atoms. The van der Waals surface area contributed by atoms with Crippen LogP contribution < -0.4 is 0 Å². The highest BCUT2D eigenvalue weighted by molar-refractivity contribution is 5.91. The van der Waals surface area contributed by atoms with E-state index >= 15 is 0 Å². The van der Waals surface area contributed by atoms with E-state index in [9.17, 15) is 0 Å². The molecule has 0 aromatic heterocycles. The third-order valence-electron chi connectivity index (χ3n) is 3.59. The molecule has 0 saturated carbocycles. The average molecular weight is 248 g/mol. The zero-order valence-electron chi connectivity index (χ0n) is 11.7. The summed E-state index contributed by atoms with van der Waals surface area (Å²) in [6.07, 6.45) is 11.3. The zero-order chi connectivity index (χ0) is 13.8. The number of rotatable bonds is 2. The highest BCUT2D eigenvalue weighted by Crippen LogP contribution is 2.40. The van der Waals surface area contributed by atoms with Crippen LogP contribution in [-0.2, 0) is 6.42 Å². The van der Waals surface area contributed by atoms with Gasteiger partial charge in [0.25, 0.3) is 0 Å². The summed E-state index contributed by atoms with van der Waals surface area (Å²) >= 11 is 0. The lowest BCUT2D eigenvalue weighted by atomic mass is 9.78. The lowest BCUT2D eigenvalue weighted by Gasteiger charge is -2.26. The fraction of sp³-hybridized carbons (Fsp3) is 0.158. The molecule has 0 atom stereocenters. The van der Waals surface area contributed by atoms with Gasteiger partial charge in [0, 0.05) is 0 Å². The minimum Gasteiger partial charge on any atom is -0.0991 e. The molecule has 2 rings (SSSR count). The summed E-state index contributed by atoms with van der Waals surface area (Å²) in [6.45, 7) is 12.0. The van der Waals surface area contributed by atoms with E-state index in [0.717, 1.165) is 6.42 Å². The summed E-state index contributed by atoms with van der Waals surface area (Å²) in [5.74, 6) is 0. The molecule has 1 aromatic rings. The Labute approximate surface area is 116 Å². The Bertz CT molecular complexity index is 607. The topological polar surface area (TPSA) is 0 Å². The highest BCUT2D eigenvalue weighted by Gasteiger charge is 2.22. The van der Waals surface area contributed by atoms with Gasteiger partial charge in [-0.2, -0.15) is 0 Å². The van der Waals surface area contributed by atoms with Crippen LogP contribution >= 0.6 is 0 Å². The van der Waals surface area contributed by atoms with Crippen LogP contribution in [-0.4, -0.2) is 0 Å². The quantitative estimate of drug-likeness (QED) is 0.662. The van der Waals surface area contributed by atoms with Gasteiger partial charge in [-0.25, -0.2) is 0 Å². The van der Waals surface area contributed by atoms with Gasteiger partial charge in [0.15, 0.2) is 0 Å². The fourth-order valence-corrected chi connectivity index (χ4v) is 2.81. The van der Waals surface area contributed by atoms with Crippen molar-refractivity contribution < 1.29 is 0 Å². The zero-order valence-corrected chi connectivity index (χ0v) is 11.7. The van der Waals surface area contributed by atoms with Crippen LogP contribution in [0.1, 0.15) is 30.5 Å². The van der Waals surface area contributed by atoms with Crippen molar-refractivity contribution in [1.29, 1.82) is 0 Å². The number of hydrogen-bond acceptors (Lipinski definition) is 0. The van der Waals surface area contributed by atoms with Crippen molar-refractivity contribution in [2.75, 3.05) is 0 Å². The first kappa shape index (κ1) is 13.4. The molecule has 1 aromatic carbocycles. The van der Waals surface area contributed by atoms with Crippen LogP contribution in [0.2, 0.25) is 0 Å². The van der Waals surface area contributed by atoms with Crippen LogP contribution in [0, 0.1) is 0 Å². The van der Waals surface area contributed by atoms with Gasteiger partial charge in [-0.15, -0.1) is 0 Å². The molecule has 1 aliphatic rings. The largest absolute Gasteiger partial charge is 0.0991 e. The molecule has 0 N–H and O–H groups in total. The Kier molecular flexibility index (Phi) is 4.01. The van der Waals surface area contributed by atoms with Crippen molar-refractivity contribution in [3.63, 3.8) is 0 Å². The maximum Gasteiger partial charge on any atom is -0.00134 e. The van der Waals surface area contributed by atoms with Gasteiger partial charge < -0.3 is 0 Å². The second-order valence-electron chi connectivity index (χ2n) is 4.59. The summed E-state index contributed by atoms with van der Waals surface area (Å²) in [7, 11) is 0.